The number of hydrogen-bond acceptors (Lipinski definition) is 2. The maximum absolute atomic E-state index is 12.9. The lowest BCUT2D eigenvalue weighted by atomic mass is 10.0. The Balaban J connectivity index is 2.24. The molecule has 0 heterocycles. The molecule has 4 heteroatoms. The van der Waals surface area contributed by atoms with Crippen LogP contribution in [0.25, 0.3) is 0 Å². The third-order valence-corrected chi connectivity index (χ3v) is 3.74. The van der Waals surface area contributed by atoms with Crippen LogP contribution in [0, 0.1) is 13.8 Å². The van der Waals surface area contributed by atoms with Gasteiger partial charge in [-0.2, -0.15) is 0 Å². The molecule has 2 amide bonds. The molecule has 0 saturated heterocycles. The van der Waals surface area contributed by atoms with Crippen LogP contribution in [0.4, 0.5) is 0 Å². The van der Waals surface area contributed by atoms with Gasteiger partial charge in [0.1, 0.15) is 0 Å². The molecule has 0 fully saturated rings. The zero-order valence-corrected chi connectivity index (χ0v) is 13.6. The van der Waals surface area contributed by atoms with Gasteiger partial charge in [-0.05, 0) is 31.0 Å². The van der Waals surface area contributed by atoms with Gasteiger partial charge in [-0.1, -0.05) is 48.0 Å². The number of hydrogen-bond donors (Lipinski definition) is 1. The van der Waals surface area contributed by atoms with Gasteiger partial charge in [0, 0.05) is 25.1 Å². The standard InChI is InChI=1S/C19H22N2O2/c1-14-8-9-17(15(2)12-14)19(23)21(11-10-18(20)22)13-16-6-4-3-5-7-16/h3-9,12H,10-11,13H2,1-2H3,(H2,20,22). The molecule has 0 radical (unpaired) electrons. The quantitative estimate of drug-likeness (QED) is 0.891. The highest BCUT2D eigenvalue weighted by Gasteiger charge is 2.18. The van der Waals surface area contributed by atoms with E-state index in [0.29, 0.717) is 18.7 Å². The first-order chi connectivity index (χ1) is 11.0. The number of aryl methyl sites for hydroxylation is 2. The van der Waals surface area contributed by atoms with Gasteiger partial charge in [0.2, 0.25) is 5.91 Å². The Morgan fingerprint density at radius 2 is 1.74 bits per heavy atom. The lowest BCUT2D eigenvalue weighted by Crippen LogP contribution is -2.34. The number of benzene rings is 2. The summed E-state index contributed by atoms with van der Waals surface area (Å²) in [4.78, 5) is 25.7. The second kappa shape index (κ2) is 7.58. The van der Waals surface area contributed by atoms with Gasteiger partial charge in [-0.3, -0.25) is 9.59 Å². The van der Waals surface area contributed by atoms with Crippen LogP contribution in [0.5, 0.6) is 0 Å². The molecular weight excluding hydrogens is 288 g/mol. The van der Waals surface area contributed by atoms with Crippen molar-refractivity contribution in [3.05, 3.63) is 70.8 Å². The molecule has 2 rings (SSSR count). The lowest BCUT2D eigenvalue weighted by Gasteiger charge is -2.23. The predicted octanol–water partition coefficient (Wildman–Crippen LogP) is 2.82. The fourth-order valence-corrected chi connectivity index (χ4v) is 2.53. The summed E-state index contributed by atoms with van der Waals surface area (Å²) in [6.07, 6.45) is 0.156. The summed E-state index contributed by atoms with van der Waals surface area (Å²) in [6, 6.07) is 15.5. The van der Waals surface area contributed by atoms with E-state index in [9.17, 15) is 9.59 Å². The fraction of sp³-hybridized carbons (Fsp3) is 0.263. The molecule has 0 atom stereocenters. The Labute approximate surface area is 136 Å². The average molecular weight is 310 g/mol. The molecular formula is C19H22N2O2. The SMILES string of the molecule is Cc1ccc(C(=O)N(CCC(N)=O)Cc2ccccc2)c(C)c1. The molecule has 0 aromatic heterocycles. The predicted molar refractivity (Wildman–Crippen MR) is 90.9 cm³/mol. The van der Waals surface area contributed by atoms with E-state index >= 15 is 0 Å². The molecule has 120 valence electrons. The molecule has 2 aromatic carbocycles. The van der Waals surface area contributed by atoms with Crippen LogP contribution in [0.2, 0.25) is 0 Å². The van der Waals surface area contributed by atoms with Crippen LogP contribution in [0.3, 0.4) is 0 Å². The van der Waals surface area contributed by atoms with E-state index in [4.69, 9.17) is 5.73 Å². The maximum atomic E-state index is 12.9. The Morgan fingerprint density at radius 3 is 2.35 bits per heavy atom. The number of carbonyl (C=O) groups excluding carboxylic acids is 2. The highest BCUT2D eigenvalue weighted by molar-refractivity contribution is 5.96. The first-order valence-corrected chi connectivity index (χ1v) is 7.66. The summed E-state index contributed by atoms with van der Waals surface area (Å²) in [5, 5.41) is 0. The normalized spacial score (nSPS) is 10.3. The van der Waals surface area contributed by atoms with Crippen molar-refractivity contribution in [3.63, 3.8) is 0 Å². The van der Waals surface area contributed by atoms with Crippen LogP contribution in [0.1, 0.15) is 33.5 Å². The Morgan fingerprint density at radius 1 is 1.04 bits per heavy atom. The first kappa shape index (κ1) is 16.7. The summed E-state index contributed by atoms with van der Waals surface area (Å²) in [5.41, 5.74) is 8.99. The number of amides is 2. The minimum Gasteiger partial charge on any atom is -0.370 e. The Hall–Kier alpha value is -2.62. The van der Waals surface area contributed by atoms with Gasteiger partial charge < -0.3 is 10.6 Å². The highest BCUT2D eigenvalue weighted by atomic mass is 16.2. The van der Waals surface area contributed by atoms with Crippen LogP contribution >= 0.6 is 0 Å². The fourth-order valence-electron chi connectivity index (χ4n) is 2.53. The number of primary amides is 1. The number of rotatable bonds is 6. The minimum atomic E-state index is -0.406. The maximum Gasteiger partial charge on any atom is 0.254 e. The van der Waals surface area contributed by atoms with Gasteiger partial charge in [0.05, 0.1) is 0 Å². The molecule has 2 aromatic rings. The van der Waals surface area contributed by atoms with Crippen LogP contribution in [-0.2, 0) is 11.3 Å². The Bertz CT molecular complexity index is 696. The lowest BCUT2D eigenvalue weighted by molar-refractivity contribution is -0.118. The monoisotopic (exact) mass is 310 g/mol. The van der Waals surface area contributed by atoms with Crippen molar-refractivity contribution in [2.75, 3.05) is 6.54 Å². The first-order valence-electron chi connectivity index (χ1n) is 7.66. The van der Waals surface area contributed by atoms with Crippen LogP contribution < -0.4 is 5.73 Å². The second-order valence-electron chi connectivity index (χ2n) is 5.75. The smallest absolute Gasteiger partial charge is 0.254 e. The van der Waals surface area contributed by atoms with Gasteiger partial charge in [-0.15, -0.1) is 0 Å². The van der Waals surface area contributed by atoms with Gasteiger partial charge in [0.25, 0.3) is 5.91 Å². The third-order valence-electron chi connectivity index (χ3n) is 3.74. The Kier molecular flexibility index (Phi) is 5.52. The third kappa shape index (κ3) is 4.68. The van der Waals surface area contributed by atoms with Crippen molar-refractivity contribution in [2.45, 2.75) is 26.8 Å². The van der Waals surface area contributed by atoms with Gasteiger partial charge in [-0.25, -0.2) is 0 Å². The van der Waals surface area contributed by atoms with E-state index in [1.54, 1.807) is 4.90 Å². The minimum absolute atomic E-state index is 0.0763. The second-order valence-corrected chi connectivity index (χ2v) is 5.75. The van der Waals surface area contributed by atoms with E-state index < -0.39 is 5.91 Å². The summed E-state index contributed by atoms with van der Waals surface area (Å²) >= 11 is 0. The van der Waals surface area contributed by atoms with Crippen molar-refractivity contribution < 1.29 is 9.59 Å². The van der Waals surface area contributed by atoms with Crippen LogP contribution in [0.15, 0.2) is 48.5 Å². The molecule has 0 aliphatic carbocycles. The number of carbonyl (C=O) groups is 2. The van der Waals surface area contributed by atoms with Crippen molar-refractivity contribution in [1.82, 2.24) is 4.90 Å². The molecule has 23 heavy (non-hydrogen) atoms. The van der Waals surface area contributed by atoms with E-state index in [2.05, 4.69) is 0 Å². The van der Waals surface area contributed by atoms with E-state index in [0.717, 1.165) is 16.7 Å². The topological polar surface area (TPSA) is 63.4 Å². The summed E-state index contributed by atoms with van der Waals surface area (Å²) in [5.74, 6) is -0.482. The molecule has 0 aliphatic heterocycles. The summed E-state index contributed by atoms with van der Waals surface area (Å²) < 4.78 is 0. The van der Waals surface area contributed by atoms with Gasteiger partial charge >= 0.3 is 0 Å². The van der Waals surface area contributed by atoms with Gasteiger partial charge in [0.15, 0.2) is 0 Å². The van der Waals surface area contributed by atoms with Crippen molar-refractivity contribution >= 4 is 11.8 Å². The van der Waals surface area contributed by atoms with E-state index in [1.807, 2.05) is 62.4 Å². The summed E-state index contributed by atoms with van der Waals surface area (Å²) in [7, 11) is 0. The number of nitrogens with zero attached hydrogens (tertiary/aromatic N) is 1. The largest absolute Gasteiger partial charge is 0.370 e. The molecule has 0 bridgehead atoms. The van der Waals surface area contributed by atoms with E-state index in [1.165, 1.54) is 0 Å². The summed E-state index contributed by atoms with van der Waals surface area (Å²) in [6.45, 7) is 4.70. The molecule has 4 nitrogen and oxygen atoms in total. The molecule has 0 spiro atoms. The van der Waals surface area contributed by atoms with Crippen molar-refractivity contribution in [2.24, 2.45) is 5.73 Å². The number of nitrogens with two attached hydrogens (primary N) is 1. The van der Waals surface area contributed by atoms with Crippen LogP contribution in [-0.4, -0.2) is 23.3 Å². The highest BCUT2D eigenvalue weighted by Crippen LogP contribution is 2.15. The van der Waals surface area contributed by atoms with Crippen molar-refractivity contribution in [1.29, 1.82) is 0 Å². The molecule has 2 N–H and O–H groups in total. The molecule has 0 unspecified atom stereocenters. The molecule has 0 aliphatic rings. The zero-order chi connectivity index (χ0) is 16.8. The molecule has 0 saturated carbocycles. The zero-order valence-electron chi connectivity index (χ0n) is 13.6. The van der Waals surface area contributed by atoms with Crippen molar-refractivity contribution in [3.8, 4) is 0 Å². The van der Waals surface area contributed by atoms with E-state index in [-0.39, 0.29) is 12.3 Å². The average Bonchev–Trinajstić information content (AvgIpc) is 2.51.